The number of nitrogens with zero attached hydrogens (tertiary/aromatic N) is 3. The number of hydrogen-bond acceptors (Lipinski definition) is 3. The van der Waals surface area contributed by atoms with Gasteiger partial charge in [-0.3, -0.25) is 9.58 Å². The zero-order valence-corrected chi connectivity index (χ0v) is 14.8. The largest absolute Gasteiger partial charge is 0.311 e. The molecule has 0 amide bonds. The van der Waals surface area contributed by atoms with Crippen LogP contribution in [0.2, 0.25) is 5.02 Å². The van der Waals surface area contributed by atoms with Crippen LogP contribution in [0.15, 0.2) is 0 Å². The van der Waals surface area contributed by atoms with Gasteiger partial charge in [0.05, 0.1) is 16.4 Å². The number of piperazine rings is 1. The van der Waals surface area contributed by atoms with E-state index in [0.29, 0.717) is 6.04 Å². The van der Waals surface area contributed by atoms with E-state index < -0.39 is 0 Å². The molecular weight excluding hydrogens is 284 g/mol. The van der Waals surface area contributed by atoms with Crippen LogP contribution in [0.5, 0.6) is 0 Å². The summed E-state index contributed by atoms with van der Waals surface area (Å²) in [5.41, 5.74) is 2.48. The molecule has 1 unspecified atom stereocenters. The first kappa shape index (κ1) is 16.8. The van der Waals surface area contributed by atoms with E-state index in [-0.39, 0.29) is 5.41 Å². The molecule has 0 aliphatic carbocycles. The summed E-state index contributed by atoms with van der Waals surface area (Å²) < 4.78 is 2.06. The lowest BCUT2D eigenvalue weighted by molar-refractivity contribution is 0.127. The number of aryl methyl sites for hydroxylation is 2. The van der Waals surface area contributed by atoms with Gasteiger partial charge in [0.1, 0.15) is 0 Å². The molecule has 1 aromatic rings. The Kier molecular flexibility index (Phi) is 5.33. The molecule has 1 aliphatic rings. The van der Waals surface area contributed by atoms with Gasteiger partial charge in [-0.1, -0.05) is 39.3 Å². The van der Waals surface area contributed by atoms with Crippen LogP contribution in [-0.4, -0.2) is 40.4 Å². The molecule has 2 heterocycles. The van der Waals surface area contributed by atoms with Gasteiger partial charge in [-0.2, -0.15) is 5.10 Å². The monoisotopic (exact) mass is 312 g/mol. The van der Waals surface area contributed by atoms with E-state index in [1.807, 2.05) is 0 Å². The predicted octanol–water partition coefficient (Wildman–Crippen LogP) is 2.94. The van der Waals surface area contributed by atoms with Crippen molar-refractivity contribution < 1.29 is 0 Å². The first-order chi connectivity index (χ1) is 9.86. The molecule has 1 aromatic heterocycles. The zero-order chi connectivity index (χ0) is 15.6. The van der Waals surface area contributed by atoms with Crippen molar-refractivity contribution in [1.82, 2.24) is 20.0 Å². The molecule has 1 N–H and O–H groups in total. The van der Waals surface area contributed by atoms with Crippen LogP contribution in [0.25, 0.3) is 0 Å². The van der Waals surface area contributed by atoms with Crippen molar-refractivity contribution in [3.05, 3.63) is 16.4 Å². The fourth-order valence-electron chi connectivity index (χ4n) is 2.91. The number of nitrogens with one attached hydrogen (secondary N) is 1. The van der Waals surface area contributed by atoms with E-state index in [2.05, 4.69) is 54.6 Å². The first-order valence-electron chi connectivity index (χ1n) is 8.06. The van der Waals surface area contributed by atoms with Crippen LogP contribution in [-0.2, 0) is 19.5 Å². The van der Waals surface area contributed by atoms with E-state index >= 15 is 0 Å². The standard InChI is InChI=1S/C16H29ClN4/c1-6-12-15(17)13(21(7-2)19-12)10-20-9-8-18-14(11-20)16(3,4)5/h14,18H,6-11H2,1-5H3. The highest BCUT2D eigenvalue weighted by molar-refractivity contribution is 6.31. The van der Waals surface area contributed by atoms with Crippen LogP contribution in [0.3, 0.4) is 0 Å². The molecule has 2 rings (SSSR count). The maximum absolute atomic E-state index is 6.53. The van der Waals surface area contributed by atoms with Crippen molar-refractivity contribution in [2.75, 3.05) is 19.6 Å². The average molecular weight is 313 g/mol. The lowest BCUT2D eigenvalue weighted by Crippen LogP contribution is -2.55. The number of halogens is 1. The van der Waals surface area contributed by atoms with Crippen molar-refractivity contribution in [3.63, 3.8) is 0 Å². The van der Waals surface area contributed by atoms with E-state index in [0.717, 1.165) is 49.9 Å². The van der Waals surface area contributed by atoms with E-state index in [1.54, 1.807) is 0 Å². The van der Waals surface area contributed by atoms with Gasteiger partial charge < -0.3 is 5.32 Å². The van der Waals surface area contributed by atoms with Crippen LogP contribution in [0, 0.1) is 5.41 Å². The van der Waals surface area contributed by atoms with Gasteiger partial charge in [0.25, 0.3) is 0 Å². The van der Waals surface area contributed by atoms with Crippen molar-refractivity contribution in [2.45, 2.75) is 60.2 Å². The lowest BCUT2D eigenvalue weighted by atomic mass is 9.85. The SMILES string of the molecule is CCc1nn(CC)c(CN2CCNC(C(C)(C)C)C2)c1Cl. The van der Waals surface area contributed by atoms with Crippen molar-refractivity contribution in [3.8, 4) is 0 Å². The lowest BCUT2D eigenvalue weighted by Gasteiger charge is -2.40. The Morgan fingerprint density at radius 2 is 2.05 bits per heavy atom. The van der Waals surface area contributed by atoms with Crippen LogP contribution in [0.4, 0.5) is 0 Å². The molecule has 0 saturated carbocycles. The van der Waals surface area contributed by atoms with Gasteiger partial charge >= 0.3 is 0 Å². The van der Waals surface area contributed by atoms with E-state index in [1.165, 1.54) is 5.69 Å². The Hall–Kier alpha value is -0.580. The molecule has 1 fully saturated rings. The minimum Gasteiger partial charge on any atom is -0.311 e. The minimum absolute atomic E-state index is 0.280. The van der Waals surface area contributed by atoms with Gasteiger partial charge in [-0.05, 0) is 18.8 Å². The molecule has 4 nitrogen and oxygen atoms in total. The summed E-state index contributed by atoms with van der Waals surface area (Å²) >= 11 is 6.53. The third-order valence-electron chi connectivity index (χ3n) is 4.37. The highest BCUT2D eigenvalue weighted by Gasteiger charge is 2.30. The maximum atomic E-state index is 6.53. The van der Waals surface area contributed by atoms with E-state index in [9.17, 15) is 0 Å². The quantitative estimate of drug-likeness (QED) is 0.928. The molecule has 0 spiro atoms. The molecule has 1 aliphatic heterocycles. The molecule has 0 bridgehead atoms. The molecule has 1 atom stereocenters. The molecule has 0 aromatic carbocycles. The summed E-state index contributed by atoms with van der Waals surface area (Å²) in [6.45, 7) is 16.1. The molecule has 21 heavy (non-hydrogen) atoms. The normalized spacial score (nSPS) is 21.0. The average Bonchev–Trinajstić information content (AvgIpc) is 2.75. The summed E-state index contributed by atoms with van der Waals surface area (Å²) in [6.07, 6.45) is 0.894. The minimum atomic E-state index is 0.280. The Balaban J connectivity index is 2.13. The fraction of sp³-hybridized carbons (Fsp3) is 0.812. The maximum Gasteiger partial charge on any atom is 0.0863 e. The Morgan fingerprint density at radius 1 is 1.33 bits per heavy atom. The smallest absolute Gasteiger partial charge is 0.0863 e. The summed E-state index contributed by atoms with van der Waals surface area (Å²) in [5.74, 6) is 0. The third-order valence-corrected chi connectivity index (χ3v) is 4.81. The first-order valence-corrected chi connectivity index (χ1v) is 8.44. The Labute approximate surface area is 133 Å². The second-order valence-corrected chi connectivity index (χ2v) is 7.36. The summed E-state index contributed by atoms with van der Waals surface area (Å²) in [7, 11) is 0. The van der Waals surface area contributed by atoms with Crippen molar-refractivity contribution in [1.29, 1.82) is 0 Å². The highest BCUT2D eigenvalue weighted by atomic mass is 35.5. The molecular formula is C16H29ClN4. The molecule has 5 heteroatoms. The Bertz CT molecular complexity index is 475. The summed E-state index contributed by atoms with van der Waals surface area (Å²) in [5, 5.41) is 9.13. The number of rotatable bonds is 4. The molecule has 0 radical (unpaired) electrons. The van der Waals surface area contributed by atoms with Crippen molar-refractivity contribution >= 4 is 11.6 Å². The second-order valence-electron chi connectivity index (χ2n) is 6.98. The second kappa shape index (κ2) is 6.67. The molecule has 120 valence electrons. The van der Waals surface area contributed by atoms with Gasteiger partial charge in [-0.15, -0.1) is 0 Å². The van der Waals surface area contributed by atoms with Crippen LogP contribution in [0.1, 0.15) is 46.0 Å². The topological polar surface area (TPSA) is 33.1 Å². The number of aromatic nitrogens is 2. The van der Waals surface area contributed by atoms with E-state index in [4.69, 9.17) is 11.6 Å². The van der Waals surface area contributed by atoms with Crippen LogP contribution < -0.4 is 5.32 Å². The van der Waals surface area contributed by atoms with Gasteiger partial charge in [0.2, 0.25) is 0 Å². The number of hydrogen-bond donors (Lipinski definition) is 1. The molecule has 1 saturated heterocycles. The third kappa shape index (κ3) is 3.79. The van der Waals surface area contributed by atoms with Gasteiger partial charge in [0, 0.05) is 38.8 Å². The summed E-state index contributed by atoms with van der Waals surface area (Å²) in [4.78, 5) is 2.50. The summed E-state index contributed by atoms with van der Waals surface area (Å²) in [6, 6.07) is 0.522. The fourth-order valence-corrected chi connectivity index (χ4v) is 3.24. The van der Waals surface area contributed by atoms with Crippen molar-refractivity contribution in [2.24, 2.45) is 5.41 Å². The zero-order valence-electron chi connectivity index (χ0n) is 14.0. The highest BCUT2D eigenvalue weighted by Crippen LogP contribution is 2.26. The Morgan fingerprint density at radius 3 is 2.62 bits per heavy atom. The van der Waals surface area contributed by atoms with Gasteiger partial charge in [-0.25, -0.2) is 0 Å². The van der Waals surface area contributed by atoms with Crippen LogP contribution >= 0.6 is 11.6 Å². The van der Waals surface area contributed by atoms with Gasteiger partial charge in [0.15, 0.2) is 0 Å². The predicted molar refractivity (Wildman–Crippen MR) is 88.8 cm³/mol.